The molecule has 18 heavy (non-hydrogen) atoms. The number of hydrogen-bond donors (Lipinski definition) is 0. The first kappa shape index (κ1) is 16.3. The maximum absolute atomic E-state index is 4.32. The van der Waals surface area contributed by atoms with E-state index in [0.717, 1.165) is 17.0 Å². The van der Waals surface area contributed by atoms with Gasteiger partial charge in [-0.05, 0) is 13.8 Å². The Morgan fingerprint density at radius 2 is 1.28 bits per heavy atom. The van der Waals surface area contributed by atoms with E-state index in [4.69, 9.17) is 0 Å². The second-order valence-corrected chi connectivity index (χ2v) is 3.41. The molecule has 0 unspecified atom stereocenters. The van der Waals surface area contributed by atoms with Gasteiger partial charge in [0, 0.05) is 11.8 Å². The third-order valence-corrected chi connectivity index (χ3v) is 2.13. The molecule has 0 atom stereocenters. The van der Waals surface area contributed by atoms with Crippen LogP contribution in [0.1, 0.15) is 39.0 Å². The van der Waals surface area contributed by atoms with Crippen LogP contribution in [0.5, 0.6) is 0 Å². The number of aromatic nitrogens is 2. The molecule has 0 aliphatic heterocycles. The molecule has 0 saturated heterocycles. The minimum absolute atomic E-state index is 0.926. The van der Waals surface area contributed by atoms with Crippen LogP contribution in [0, 0.1) is 13.8 Å². The van der Waals surface area contributed by atoms with E-state index in [0.29, 0.717) is 0 Å². The summed E-state index contributed by atoms with van der Waals surface area (Å²) in [6, 6.07) is 8.29. The van der Waals surface area contributed by atoms with Gasteiger partial charge < -0.3 is 0 Å². The van der Waals surface area contributed by atoms with Gasteiger partial charge in [-0.25, -0.2) is 0 Å². The summed E-state index contributed by atoms with van der Waals surface area (Å²) < 4.78 is 0. The van der Waals surface area contributed by atoms with Crippen LogP contribution in [0.15, 0.2) is 36.7 Å². The molecule has 0 bridgehead atoms. The molecular weight excluding hydrogens is 220 g/mol. The van der Waals surface area contributed by atoms with Crippen molar-refractivity contribution in [3.63, 3.8) is 0 Å². The van der Waals surface area contributed by atoms with Crippen LogP contribution >= 0.6 is 0 Å². The summed E-state index contributed by atoms with van der Waals surface area (Å²) in [5.41, 5.74) is 4.24. The molecule has 1 heterocycles. The fourth-order valence-corrected chi connectivity index (χ4v) is 1.27. The zero-order chi connectivity index (χ0) is 14.0. The number of nitrogens with zero attached hydrogens (tertiary/aromatic N) is 2. The van der Waals surface area contributed by atoms with E-state index in [1.807, 2.05) is 34.6 Å². The zero-order valence-corrected chi connectivity index (χ0v) is 12.4. The van der Waals surface area contributed by atoms with Crippen LogP contribution in [0.4, 0.5) is 0 Å². The molecule has 0 radical (unpaired) electrons. The van der Waals surface area contributed by atoms with Crippen molar-refractivity contribution in [1.82, 2.24) is 9.97 Å². The lowest BCUT2D eigenvalue weighted by Crippen LogP contribution is -1.87. The van der Waals surface area contributed by atoms with Crippen molar-refractivity contribution in [3.05, 3.63) is 47.9 Å². The lowest BCUT2D eigenvalue weighted by Gasteiger charge is -2.00. The number of hydrogen-bond acceptors (Lipinski definition) is 2. The topological polar surface area (TPSA) is 25.8 Å². The maximum Gasteiger partial charge on any atom is 0.0885 e. The number of aryl methyl sites for hydroxylation is 2. The van der Waals surface area contributed by atoms with E-state index in [1.165, 1.54) is 5.56 Å². The summed E-state index contributed by atoms with van der Waals surface area (Å²) >= 11 is 0. The lowest BCUT2D eigenvalue weighted by atomic mass is 10.1. The first-order valence-electron chi connectivity index (χ1n) is 6.61. The van der Waals surface area contributed by atoms with Crippen molar-refractivity contribution in [2.75, 3.05) is 0 Å². The highest BCUT2D eigenvalue weighted by Gasteiger charge is 1.97. The molecule has 98 valence electrons. The lowest BCUT2D eigenvalue weighted by molar-refractivity contribution is 1.12. The van der Waals surface area contributed by atoms with Crippen LogP contribution in [-0.4, -0.2) is 9.97 Å². The molecule has 0 aliphatic carbocycles. The first-order valence-corrected chi connectivity index (χ1v) is 6.61. The van der Waals surface area contributed by atoms with Gasteiger partial charge in [-0.2, -0.15) is 0 Å². The Kier molecular flexibility index (Phi) is 8.46. The Labute approximate surface area is 111 Å². The Balaban J connectivity index is 0.000000659. The molecule has 0 amide bonds. The Hall–Kier alpha value is -1.70. The molecule has 2 aromatic rings. The van der Waals surface area contributed by atoms with E-state index in [1.54, 1.807) is 12.4 Å². The van der Waals surface area contributed by atoms with Crippen molar-refractivity contribution in [1.29, 1.82) is 0 Å². The summed E-state index contributed by atoms with van der Waals surface area (Å²) in [5, 5.41) is 0. The van der Waals surface area contributed by atoms with Crippen molar-refractivity contribution >= 4 is 0 Å². The predicted octanol–water partition coefficient (Wildman–Crippen LogP) is 4.81. The van der Waals surface area contributed by atoms with Gasteiger partial charge in [0.2, 0.25) is 0 Å². The number of rotatable bonds is 1. The van der Waals surface area contributed by atoms with Gasteiger partial charge >= 0.3 is 0 Å². The Morgan fingerprint density at radius 1 is 0.722 bits per heavy atom. The summed E-state index contributed by atoms with van der Waals surface area (Å²) in [5.74, 6) is 0. The standard InChI is InChI=1S/C12H12N2.2C2H6/c1-9-3-5-11(6-4-9)12-8-13-10(2)7-14-12;2*1-2/h3-8H,1-2H3;2*1-2H3. The molecule has 1 aromatic heterocycles. The van der Waals surface area contributed by atoms with Gasteiger partial charge in [0.05, 0.1) is 17.6 Å². The van der Waals surface area contributed by atoms with Crippen molar-refractivity contribution in [2.45, 2.75) is 41.5 Å². The molecular formula is C16H24N2. The van der Waals surface area contributed by atoms with Crippen LogP contribution in [0.3, 0.4) is 0 Å². The Morgan fingerprint density at radius 3 is 1.72 bits per heavy atom. The molecule has 2 rings (SSSR count). The smallest absolute Gasteiger partial charge is 0.0885 e. The SMILES string of the molecule is CC.CC.Cc1ccc(-c2cnc(C)cn2)cc1. The highest BCUT2D eigenvalue weighted by molar-refractivity contribution is 5.58. The summed E-state index contributed by atoms with van der Waals surface area (Å²) in [4.78, 5) is 8.53. The molecule has 1 aromatic carbocycles. The van der Waals surface area contributed by atoms with E-state index >= 15 is 0 Å². The molecule has 0 aliphatic rings. The van der Waals surface area contributed by atoms with E-state index in [-0.39, 0.29) is 0 Å². The largest absolute Gasteiger partial charge is 0.258 e. The average Bonchev–Trinajstić information content (AvgIpc) is 2.45. The third kappa shape index (κ3) is 5.09. The van der Waals surface area contributed by atoms with E-state index in [2.05, 4.69) is 41.2 Å². The second kappa shape index (κ2) is 9.34. The summed E-state index contributed by atoms with van der Waals surface area (Å²) in [7, 11) is 0. The van der Waals surface area contributed by atoms with Crippen molar-refractivity contribution < 1.29 is 0 Å². The minimum atomic E-state index is 0.926. The normalized spacial score (nSPS) is 8.56. The van der Waals surface area contributed by atoms with Crippen LogP contribution in [0.25, 0.3) is 11.3 Å². The zero-order valence-electron chi connectivity index (χ0n) is 12.4. The monoisotopic (exact) mass is 244 g/mol. The average molecular weight is 244 g/mol. The first-order chi connectivity index (χ1) is 8.75. The third-order valence-electron chi connectivity index (χ3n) is 2.13. The molecule has 0 saturated carbocycles. The quantitative estimate of drug-likeness (QED) is 0.719. The minimum Gasteiger partial charge on any atom is -0.258 e. The second-order valence-electron chi connectivity index (χ2n) is 3.41. The van der Waals surface area contributed by atoms with Crippen molar-refractivity contribution in [3.8, 4) is 11.3 Å². The van der Waals surface area contributed by atoms with Gasteiger partial charge in [-0.3, -0.25) is 9.97 Å². The van der Waals surface area contributed by atoms with Gasteiger partial charge in [0.1, 0.15) is 0 Å². The van der Waals surface area contributed by atoms with E-state index in [9.17, 15) is 0 Å². The molecule has 2 heteroatoms. The maximum atomic E-state index is 4.32. The van der Waals surface area contributed by atoms with Crippen LogP contribution < -0.4 is 0 Å². The van der Waals surface area contributed by atoms with Crippen LogP contribution in [-0.2, 0) is 0 Å². The fraction of sp³-hybridized carbons (Fsp3) is 0.375. The highest BCUT2D eigenvalue weighted by atomic mass is 14.8. The van der Waals surface area contributed by atoms with Gasteiger partial charge in [-0.1, -0.05) is 57.5 Å². The highest BCUT2D eigenvalue weighted by Crippen LogP contribution is 2.15. The van der Waals surface area contributed by atoms with Crippen molar-refractivity contribution in [2.24, 2.45) is 0 Å². The number of benzene rings is 1. The fourth-order valence-electron chi connectivity index (χ4n) is 1.27. The predicted molar refractivity (Wildman–Crippen MR) is 79.6 cm³/mol. The summed E-state index contributed by atoms with van der Waals surface area (Å²) in [6.45, 7) is 12.0. The Bertz CT molecular complexity index is 372. The molecule has 0 N–H and O–H groups in total. The molecule has 0 fully saturated rings. The van der Waals surface area contributed by atoms with E-state index < -0.39 is 0 Å². The van der Waals surface area contributed by atoms with Gasteiger partial charge in [0.25, 0.3) is 0 Å². The van der Waals surface area contributed by atoms with Gasteiger partial charge in [0.15, 0.2) is 0 Å². The molecule has 0 spiro atoms. The molecule has 2 nitrogen and oxygen atoms in total. The summed E-state index contributed by atoms with van der Waals surface area (Å²) in [6.07, 6.45) is 3.59. The van der Waals surface area contributed by atoms with Gasteiger partial charge in [-0.15, -0.1) is 0 Å². The van der Waals surface area contributed by atoms with Crippen LogP contribution in [0.2, 0.25) is 0 Å².